The van der Waals surface area contributed by atoms with Crippen molar-refractivity contribution in [2.75, 3.05) is 20.2 Å². The van der Waals surface area contributed by atoms with Gasteiger partial charge >= 0.3 is 0 Å². The monoisotopic (exact) mass is 318 g/mol. The van der Waals surface area contributed by atoms with Gasteiger partial charge in [-0.1, -0.05) is 0 Å². The van der Waals surface area contributed by atoms with E-state index in [1.54, 1.807) is 7.11 Å². The average molecular weight is 318 g/mol. The van der Waals surface area contributed by atoms with E-state index in [9.17, 15) is 4.79 Å². The summed E-state index contributed by atoms with van der Waals surface area (Å²) in [5, 5.41) is 6.27. The molecule has 1 aromatic rings. The van der Waals surface area contributed by atoms with Crippen LogP contribution in [0.5, 0.6) is 11.5 Å². The molecule has 5 heteroatoms. The lowest BCUT2D eigenvalue weighted by molar-refractivity contribution is -0.124. The molecule has 126 valence electrons. The lowest BCUT2D eigenvalue weighted by atomic mass is 10.1. The van der Waals surface area contributed by atoms with Crippen molar-refractivity contribution in [3.05, 3.63) is 23.8 Å². The second-order valence-electron chi connectivity index (χ2n) is 6.41. The molecule has 3 rings (SSSR count). The Morgan fingerprint density at radius 2 is 2.13 bits per heavy atom. The van der Waals surface area contributed by atoms with Gasteiger partial charge in [0.15, 0.2) is 0 Å². The molecule has 0 radical (unpaired) electrons. The topological polar surface area (TPSA) is 59.6 Å². The minimum absolute atomic E-state index is 0.0902. The van der Waals surface area contributed by atoms with Crippen molar-refractivity contribution in [1.82, 2.24) is 10.6 Å². The van der Waals surface area contributed by atoms with Crippen molar-refractivity contribution < 1.29 is 14.3 Å². The van der Waals surface area contributed by atoms with E-state index < -0.39 is 0 Å². The Labute approximate surface area is 137 Å². The maximum atomic E-state index is 12.2. The minimum Gasteiger partial charge on any atom is -0.497 e. The Kier molecular flexibility index (Phi) is 5.39. The maximum absolute atomic E-state index is 12.2. The number of benzene rings is 1. The zero-order valence-electron chi connectivity index (χ0n) is 13.8. The van der Waals surface area contributed by atoms with Crippen molar-refractivity contribution in [3.63, 3.8) is 0 Å². The molecule has 1 unspecified atom stereocenters. The highest BCUT2D eigenvalue weighted by Gasteiger charge is 2.23. The van der Waals surface area contributed by atoms with Crippen molar-refractivity contribution in [1.29, 1.82) is 0 Å². The molecule has 1 heterocycles. The molecule has 0 spiro atoms. The standard InChI is InChI=1S/C18H26N2O3/c1-22-16-7-6-13(12-20-18(21)14-8-9-19-11-14)17(10-16)23-15-4-2-3-5-15/h6-7,10,14-15,19H,2-5,8-9,11-12H2,1H3,(H,20,21). The number of ether oxygens (including phenoxy) is 2. The zero-order valence-corrected chi connectivity index (χ0v) is 13.8. The van der Waals surface area contributed by atoms with Gasteiger partial charge in [0.05, 0.1) is 19.1 Å². The van der Waals surface area contributed by atoms with Gasteiger partial charge in [-0.25, -0.2) is 0 Å². The lowest BCUT2D eigenvalue weighted by Gasteiger charge is -2.18. The first kappa shape index (κ1) is 16.1. The number of hydrogen-bond acceptors (Lipinski definition) is 4. The van der Waals surface area contributed by atoms with Crippen LogP contribution in [0.4, 0.5) is 0 Å². The highest BCUT2D eigenvalue weighted by atomic mass is 16.5. The first-order chi connectivity index (χ1) is 11.3. The van der Waals surface area contributed by atoms with Gasteiger partial charge in [0, 0.05) is 24.7 Å². The van der Waals surface area contributed by atoms with Crippen LogP contribution in [0.1, 0.15) is 37.7 Å². The summed E-state index contributed by atoms with van der Waals surface area (Å²) in [4.78, 5) is 12.2. The minimum atomic E-state index is 0.0902. The van der Waals surface area contributed by atoms with E-state index in [4.69, 9.17) is 9.47 Å². The molecule has 1 aliphatic carbocycles. The summed E-state index contributed by atoms with van der Waals surface area (Å²) in [6.07, 6.45) is 5.88. The van der Waals surface area contributed by atoms with Crippen molar-refractivity contribution in [3.8, 4) is 11.5 Å². The molecular formula is C18H26N2O3. The van der Waals surface area contributed by atoms with Gasteiger partial charge in [0.2, 0.25) is 5.91 Å². The van der Waals surface area contributed by atoms with Crippen molar-refractivity contribution in [2.24, 2.45) is 5.92 Å². The predicted molar refractivity (Wildman–Crippen MR) is 88.7 cm³/mol. The molecule has 2 aliphatic rings. The first-order valence-electron chi connectivity index (χ1n) is 8.58. The third-order valence-electron chi connectivity index (χ3n) is 4.75. The Morgan fingerprint density at radius 1 is 1.30 bits per heavy atom. The second kappa shape index (κ2) is 7.68. The molecule has 23 heavy (non-hydrogen) atoms. The smallest absolute Gasteiger partial charge is 0.224 e. The Hall–Kier alpha value is -1.75. The normalized spacial score (nSPS) is 21.3. The Balaban J connectivity index is 1.65. The van der Waals surface area contributed by atoms with Gasteiger partial charge < -0.3 is 20.1 Å². The molecule has 1 aromatic carbocycles. The molecule has 1 saturated carbocycles. The van der Waals surface area contributed by atoms with Crippen LogP contribution in [0.3, 0.4) is 0 Å². The maximum Gasteiger partial charge on any atom is 0.224 e. The van der Waals surface area contributed by atoms with Gasteiger partial charge in [-0.2, -0.15) is 0 Å². The van der Waals surface area contributed by atoms with E-state index in [-0.39, 0.29) is 17.9 Å². The van der Waals surface area contributed by atoms with E-state index in [0.717, 1.165) is 49.4 Å². The van der Waals surface area contributed by atoms with Gasteiger partial charge in [0.1, 0.15) is 11.5 Å². The molecular weight excluding hydrogens is 292 g/mol. The fraction of sp³-hybridized carbons (Fsp3) is 0.611. The summed E-state index contributed by atoms with van der Waals surface area (Å²) in [6.45, 7) is 2.21. The molecule has 1 aliphatic heterocycles. The summed E-state index contributed by atoms with van der Waals surface area (Å²) in [5.74, 6) is 1.83. The van der Waals surface area contributed by atoms with Gasteiger partial charge in [-0.15, -0.1) is 0 Å². The number of rotatable bonds is 6. The van der Waals surface area contributed by atoms with Crippen LogP contribution in [0.2, 0.25) is 0 Å². The highest BCUT2D eigenvalue weighted by Crippen LogP contribution is 2.30. The quantitative estimate of drug-likeness (QED) is 0.844. The average Bonchev–Trinajstić information content (AvgIpc) is 3.26. The van der Waals surface area contributed by atoms with Crippen LogP contribution in [0.25, 0.3) is 0 Å². The third-order valence-corrected chi connectivity index (χ3v) is 4.75. The number of nitrogens with one attached hydrogen (secondary N) is 2. The van der Waals surface area contributed by atoms with E-state index in [1.165, 1.54) is 12.8 Å². The van der Waals surface area contributed by atoms with Crippen LogP contribution < -0.4 is 20.1 Å². The van der Waals surface area contributed by atoms with E-state index >= 15 is 0 Å². The second-order valence-corrected chi connectivity index (χ2v) is 6.41. The summed E-state index contributed by atoms with van der Waals surface area (Å²) in [6, 6.07) is 5.83. The SMILES string of the molecule is COc1ccc(CNC(=O)C2CCNC2)c(OC2CCCC2)c1. The Morgan fingerprint density at radius 3 is 2.83 bits per heavy atom. The molecule has 0 bridgehead atoms. The summed E-state index contributed by atoms with van der Waals surface area (Å²) >= 11 is 0. The predicted octanol–water partition coefficient (Wildman–Crippen LogP) is 2.24. The van der Waals surface area contributed by atoms with Crippen LogP contribution in [0, 0.1) is 5.92 Å². The zero-order chi connectivity index (χ0) is 16.1. The molecule has 2 fully saturated rings. The van der Waals surface area contributed by atoms with Gasteiger partial charge in [0.25, 0.3) is 0 Å². The number of carbonyl (C=O) groups is 1. The van der Waals surface area contributed by atoms with Crippen LogP contribution >= 0.6 is 0 Å². The molecule has 1 saturated heterocycles. The largest absolute Gasteiger partial charge is 0.497 e. The van der Waals surface area contributed by atoms with E-state index in [0.29, 0.717) is 6.54 Å². The van der Waals surface area contributed by atoms with Crippen LogP contribution in [0.15, 0.2) is 18.2 Å². The lowest BCUT2D eigenvalue weighted by Crippen LogP contribution is -2.31. The van der Waals surface area contributed by atoms with Crippen molar-refractivity contribution in [2.45, 2.75) is 44.8 Å². The van der Waals surface area contributed by atoms with Crippen molar-refractivity contribution >= 4 is 5.91 Å². The summed E-state index contributed by atoms with van der Waals surface area (Å²) in [5.41, 5.74) is 1.01. The van der Waals surface area contributed by atoms with E-state index in [2.05, 4.69) is 10.6 Å². The fourth-order valence-electron chi connectivity index (χ4n) is 3.31. The van der Waals surface area contributed by atoms with Gasteiger partial charge in [-0.3, -0.25) is 4.79 Å². The molecule has 0 aromatic heterocycles. The molecule has 1 atom stereocenters. The summed E-state index contributed by atoms with van der Waals surface area (Å²) < 4.78 is 11.5. The fourth-order valence-corrected chi connectivity index (χ4v) is 3.31. The van der Waals surface area contributed by atoms with E-state index in [1.807, 2.05) is 18.2 Å². The number of hydrogen-bond donors (Lipinski definition) is 2. The van der Waals surface area contributed by atoms with Gasteiger partial charge in [-0.05, 0) is 50.8 Å². The van der Waals surface area contributed by atoms with Crippen LogP contribution in [-0.2, 0) is 11.3 Å². The first-order valence-corrected chi connectivity index (χ1v) is 8.58. The third kappa shape index (κ3) is 4.16. The highest BCUT2D eigenvalue weighted by molar-refractivity contribution is 5.79. The van der Waals surface area contributed by atoms with Crippen LogP contribution in [-0.4, -0.2) is 32.2 Å². The number of carbonyl (C=O) groups excluding carboxylic acids is 1. The molecule has 1 amide bonds. The number of amides is 1. The molecule has 2 N–H and O–H groups in total. The number of methoxy groups -OCH3 is 1. The summed E-state index contributed by atoms with van der Waals surface area (Å²) in [7, 11) is 1.66. The Bertz CT molecular complexity index is 535. The molecule has 5 nitrogen and oxygen atoms in total.